The lowest BCUT2D eigenvalue weighted by Gasteiger charge is -2.18. The van der Waals surface area contributed by atoms with Gasteiger partial charge >= 0.3 is 0 Å². The number of carbonyl (C=O) groups excluding carboxylic acids is 1. The van der Waals surface area contributed by atoms with Gasteiger partial charge in [0.1, 0.15) is 6.04 Å². The Morgan fingerprint density at radius 3 is 2.39 bits per heavy atom. The summed E-state index contributed by atoms with van der Waals surface area (Å²) in [5.41, 5.74) is 4.71. The number of primary amides is 1. The van der Waals surface area contributed by atoms with Crippen molar-refractivity contribution in [1.82, 2.24) is 9.71 Å². The van der Waals surface area contributed by atoms with Crippen molar-refractivity contribution in [3.8, 4) is 0 Å². The van der Waals surface area contributed by atoms with Crippen LogP contribution < -0.4 is 16.0 Å². The molecule has 0 saturated heterocycles. The van der Waals surface area contributed by atoms with Gasteiger partial charge in [-0.1, -0.05) is 13.8 Å². The number of aromatic nitrogens is 1. The van der Waals surface area contributed by atoms with Gasteiger partial charge in [-0.25, -0.2) is 8.42 Å². The number of carbonyl (C=O) groups is 1. The van der Waals surface area contributed by atoms with Crippen LogP contribution in [0.2, 0.25) is 0 Å². The van der Waals surface area contributed by atoms with E-state index < -0.39 is 27.5 Å². The number of pyridine rings is 1. The maximum Gasteiger partial charge on any atom is 0.247 e. The summed E-state index contributed by atoms with van der Waals surface area (Å²) < 4.78 is 26.0. The van der Waals surface area contributed by atoms with Crippen molar-refractivity contribution in [3.05, 3.63) is 28.7 Å². The van der Waals surface area contributed by atoms with E-state index in [1.165, 1.54) is 0 Å². The van der Waals surface area contributed by atoms with Crippen molar-refractivity contribution in [2.75, 3.05) is 0 Å². The highest BCUT2D eigenvalue weighted by Gasteiger charge is 2.26. The second kappa shape index (κ2) is 5.32. The number of hydrogen-bond acceptors (Lipinski definition) is 4. The minimum absolute atomic E-state index is 0.131. The summed E-state index contributed by atoms with van der Waals surface area (Å²) in [6.07, 6.45) is 1.06. The molecule has 1 aromatic heterocycles. The second-order valence-electron chi connectivity index (χ2n) is 4.13. The van der Waals surface area contributed by atoms with Crippen LogP contribution >= 0.6 is 0 Å². The van der Waals surface area contributed by atoms with Gasteiger partial charge in [-0.2, -0.15) is 4.72 Å². The van der Waals surface area contributed by atoms with Crippen LogP contribution in [0, 0.1) is 5.92 Å². The third-order valence-electron chi connectivity index (χ3n) is 2.32. The number of nitrogens with two attached hydrogens (primary N) is 1. The van der Waals surface area contributed by atoms with Gasteiger partial charge in [-0.05, 0) is 12.0 Å². The van der Waals surface area contributed by atoms with E-state index in [1.807, 2.05) is 0 Å². The molecule has 1 rings (SSSR count). The van der Waals surface area contributed by atoms with Crippen LogP contribution in [0.15, 0.2) is 28.0 Å². The van der Waals surface area contributed by atoms with Crippen molar-refractivity contribution in [3.63, 3.8) is 0 Å². The van der Waals surface area contributed by atoms with Gasteiger partial charge in [-0.3, -0.25) is 9.59 Å². The Morgan fingerprint density at radius 1 is 1.39 bits per heavy atom. The smallest absolute Gasteiger partial charge is 0.247 e. The van der Waals surface area contributed by atoms with Gasteiger partial charge in [0.05, 0.1) is 4.90 Å². The van der Waals surface area contributed by atoms with Gasteiger partial charge in [0.15, 0.2) is 0 Å². The predicted molar refractivity (Wildman–Crippen MR) is 65.2 cm³/mol. The molecule has 0 radical (unpaired) electrons. The summed E-state index contributed by atoms with van der Waals surface area (Å²) in [4.78, 5) is 24.1. The SMILES string of the molecule is CC(C)C(NS(=O)(=O)c1ccc(=O)[nH]c1)C(N)=O. The predicted octanol–water partition coefficient (Wildman–Crippen LogP) is -0.837. The standard InChI is InChI=1S/C10H15N3O4S/c1-6(2)9(10(11)15)13-18(16,17)7-3-4-8(14)12-5-7/h3-6,9,13H,1-2H3,(H2,11,15)(H,12,14). The van der Waals surface area contributed by atoms with E-state index >= 15 is 0 Å². The molecule has 1 amide bonds. The van der Waals surface area contributed by atoms with Crippen molar-refractivity contribution in [2.45, 2.75) is 24.8 Å². The summed E-state index contributed by atoms with van der Waals surface area (Å²) in [6.45, 7) is 3.34. The molecule has 0 aromatic carbocycles. The largest absolute Gasteiger partial charge is 0.368 e. The summed E-state index contributed by atoms with van der Waals surface area (Å²) in [6, 6.07) is 1.24. The molecular formula is C10H15N3O4S. The first-order valence-electron chi connectivity index (χ1n) is 5.24. The van der Waals surface area contributed by atoms with E-state index in [0.29, 0.717) is 0 Å². The third kappa shape index (κ3) is 3.41. The van der Waals surface area contributed by atoms with Crippen LogP contribution in [0.5, 0.6) is 0 Å². The molecule has 1 aromatic rings. The van der Waals surface area contributed by atoms with Crippen LogP contribution in [0.3, 0.4) is 0 Å². The normalized spacial score (nSPS) is 13.5. The fourth-order valence-electron chi connectivity index (χ4n) is 1.32. The lowest BCUT2D eigenvalue weighted by molar-refractivity contribution is -0.120. The first kappa shape index (κ1) is 14.4. The molecule has 0 aliphatic carbocycles. The fraction of sp³-hybridized carbons (Fsp3) is 0.400. The molecule has 0 saturated carbocycles. The number of hydrogen-bond donors (Lipinski definition) is 3. The lowest BCUT2D eigenvalue weighted by Crippen LogP contribution is -2.47. The number of nitrogens with one attached hydrogen (secondary N) is 2. The first-order valence-corrected chi connectivity index (χ1v) is 6.73. The molecule has 1 unspecified atom stereocenters. The van der Waals surface area contributed by atoms with Gasteiger partial charge < -0.3 is 10.7 Å². The molecule has 0 spiro atoms. The molecular weight excluding hydrogens is 258 g/mol. The lowest BCUT2D eigenvalue weighted by atomic mass is 10.1. The van der Waals surface area contributed by atoms with Crippen molar-refractivity contribution >= 4 is 15.9 Å². The second-order valence-corrected chi connectivity index (χ2v) is 5.85. The average Bonchev–Trinajstić information content (AvgIpc) is 2.26. The third-order valence-corrected chi connectivity index (χ3v) is 3.76. The van der Waals surface area contributed by atoms with E-state index in [9.17, 15) is 18.0 Å². The highest BCUT2D eigenvalue weighted by Crippen LogP contribution is 2.09. The van der Waals surface area contributed by atoms with E-state index in [1.54, 1.807) is 13.8 Å². The van der Waals surface area contributed by atoms with Crippen LogP contribution in [-0.4, -0.2) is 25.4 Å². The van der Waals surface area contributed by atoms with Crippen LogP contribution in [0.4, 0.5) is 0 Å². The molecule has 1 atom stereocenters. The molecule has 0 fully saturated rings. The molecule has 100 valence electrons. The van der Waals surface area contributed by atoms with E-state index in [4.69, 9.17) is 5.73 Å². The number of amides is 1. The zero-order chi connectivity index (χ0) is 13.9. The highest BCUT2D eigenvalue weighted by atomic mass is 32.2. The van der Waals surface area contributed by atoms with Crippen LogP contribution in [-0.2, 0) is 14.8 Å². The minimum Gasteiger partial charge on any atom is -0.368 e. The zero-order valence-electron chi connectivity index (χ0n) is 10.0. The van der Waals surface area contributed by atoms with Gasteiger partial charge in [0.25, 0.3) is 0 Å². The Morgan fingerprint density at radius 2 is 2.00 bits per heavy atom. The van der Waals surface area contributed by atoms with E-state index in [-0.39, 0.29) is 10.8 Å². The monoisotopic (exact) mass is 273 g/mol. The summed E-state index contributed by atoms with van der Waals surface area (Å²) in [5, 5.41) is 0. The Hall–Kier alpha value is -1.67. The number of aromatic amines is 1. The topological polar surface area (TPSA) is 122 Å². The van der Waals surface area contributed by atoms with Crippen molar-refractivity contribution in [2.24, 2.45) is 11.7 Å². The Labute approximate surface area is 104 Å². The molecule has 4 N–H and O–H groups in total. The van der Waals surface area contributed by atoms with Gasteiger partial charge in [0.2, 0.25) is 21.5 Å². The van der Waals surface area contributed by atoms with Gasteiger partial charge in [-0.15, -0.1) is 0 Å². The van der Waals surface area contributed by atoms with Crippen LogP contribution in [0.25, 0.3) is 0 Å². The maximum absolute atomic E-state index is 11.9. The Bertz CT molecular complexity index is 571. The molecule has 18 heavy (non-hydrogen) atoms. The Balaban J connectivity index is 3.04. The molecule has 7 nitrogen and oxygen atoms in total. The number of H-pyrrole nitrogens is 1. The molecule has 1 heterocycles. The van der Waals surface area contributed by atoms with Gasteiger partial charge in [0, 0.05) is 12.3 Å². The van der Waals surface area contributed by atoms with Crippen molar-refractivity contribution in [1.29, 1.82) is 0 Å². The first-order chi connectivity index (χ1) is 8.24. The maximum atomic E-state index is 11.9. The summed E-state index contributed by atoms with van der Waals surface area (Å²) in [5.74, 6) is -1.03. The van der Waals surface area contributed by atoms with Crippen molar-refractivity contribution < 1.29 is 13.2 Å². The highest BCUT2D eigenvalue weighted by molar-refractivity contribution is 7.89. The number of sulfonamides is 1. The van der Waals surface area contributed by atoms with Crippen LogP contribution in [0.1, 0.15) is 13.8 Å². The van der Waals surface area contributed by atoms with E-state index in [0.717, 1.165) is 18.3 Å². The quantitative estimate of drug-likeness (QED) is 0.647. The summed E-state index contributed by atoms with van der Waals surface area (Å²) in [7, 11) is -3.89. The number of rotatable bonds is 5. The fourth-order valence-corrected chi connectivity index (χ4v) is 2.64. The molecule has 8 heteroatoms. The average molecular weight is 273 g/mol. The van der Waals surface area contributed by atoms with E-state index in [2.05, 4.69) is 9.71 Å². The molecule has 0 aliphatic rings. The molecule has 0 bridgehead atoms. The summed E-state index contributed by atoms with van der Waals surface area (Å²) >= 11 is 0. The Kier molecular flexibility index (Phi) is 4.25. The minimum atomic E-state index is -3.89. The zero-order valence-corrected chi connectivity index (χ0v) is 10.8. The molecule has 0 aliphatic heterocycles.